The molecule has 1 aromatic rings. The summed E-state index contributed by atoms with van der Waals surface area (Å²) in [6, 6.07) is 5.85. The molecule has 0 spiro atoms. The molecule has 1 heterocycles. The van der Waals surface area contributed by atoms with Crippen LogP contribution in [0.1, 0.15) is 25.7 Å². The van der Waals surface area contributed by atoms with Crippen molar-refractivity contribution in [3.63, 3.8) is 0 Å². The third kappa shape index (κ3) is 4.30. The summed E-state index contributed by atoms with van der Waals surface area (Å²) in [6.45, 7) is 7.68. The summed E-state index contributed by atoms with van der Waals surface area (Å²) in [5.41, 5.74) is 1.10. The highest BCUT2D eigenvalue weighted by Gasteiger charge is 2.29. The summed E-state index contributed by atoms with van der Waals surface area (Å²) in [5, 5.41) is 0. The SMILES string of the molecule is C=O.COc1ccc(C2OCC(C)(C)CO2)cc1Br. The first kappa shape index (κ1) is 16.1. The van der Waals surface area contributed by atoms with Crippen LogP contribution < -0.4 is 4.74 Å². The quantitative estimate of drug-likeness (QED) is 0.834. The second-order valence-electron chi connectivity index (χ2n) is 5.01. The monoisotopic (exact) mass is 330 g/mol. The molecule has 1 saturated heterocycles. The molecule has 0 amide bonds. The number of ether oxygens (including phenoxy) is 3. The highest BCUT2D eigenvalue weighted by Crippen LogP contribution is 2.34. The first-order chi connectivity index (χ1) is 9.02. The summed E-state index contributed by atoms with van der Waals surface area (Å²) in [6.07, 6.45) is -0.273. The van der Waals surface area contributed by atoms with Gasteiger partial charge in [-0.05, 0) is 28.1 Å². The zero-order valence-electron chi connectivity index (χ0n) is 11.4. The van der Waals surface area contributed by atoms with Crippen LogP contribution in [0.5, 0.6) is 5.75 Å². The normalized spacial score (nSPS) is 18.3. The summed E-state index contributed by atoms with van der Waals surface area (Å²) in [5.74, 6) is 0.810. The van der Waals surface area contributed by atoms with E-state index in [1.165, 1.54) is 0 Å². The Morgan fingerprint density at radius 1 is 1.32 bits per heavy atom. The van der Waals surface area contributed by atoms with Gasteiger partial charge < -0.3 is 19.0 Å². The predicted octanol–water partition coefficient (Wildman–Crippen LogP) is 3.34. The van der Waals surface area contributed by atoms with Gasteiger partial charge in [-0.1, -0.05) is 19.9 Å². The van der Waals surface area contributed by atoms with Gasteiger partial charge in [0.05, 0.1) is 24.8 Å². The Morgan fingerprint density at radius 3 is 2.37 bits per heavy atom. The number of hydrogen-bond acceptors (Lipinski definition) is 4. The van der Waals surface area contributed by atoms with Crippen LogP contribution in [0, 0.1) is 5.41 Å². The summed E-state index contributed by atoms with van der Waals surface area (Å²) in [4.78, 5) is 8.00. The van der Waals surface area contributed by atoms with E-state index in [0.29, 0.717) is 13.2 Å². The average Bonchev–Trinajstić information content (AvgIpc) is 2.41. The van der Waals surface area contributed by atoms with Crippen molar-refractivity contribution in [3.8, 4) is 5.75 Å². The van der Waals surface area contributed by atoms with Gasteiger partial charge in [0.2, 0.25) is 0 Å². The minimum absolute atomic E-state index is 0.0974. The lowest BCUT2D eigenvalue weighted by Crippen LogP contribution is -2.33. The van der Waals surface area contributed by atoms with Crippen molar-refractivity contribution in [3.05, 3.63) is 28.2 Å². The van der Waals surface area contributed by atoms with Gasteiger partial charge in [-0.15, -0.1) is 0 Å². The van der Waals surface area contributed by atoms with Crippen LogP contribution in [-0.2, 0) is 14.3 Å². The lowest BCUT2D eigenvalue weighted by molar-refractivity contribution is -0.226. The fourth-order valence-corrected chi connectivity index (χ4v) is 2.27. The Balaban J connectivity index is 0.000000861. The van der Waals surface area contributed by atoms with Gasteiger partial charge in [0, 0.05) is 11.0 Å². The molecule has 4 nitrogen and oxygen atoms in total. The Labute approximate surface area is 122 Å². The fourth-order valence-electron chi connectivity index (χ4n) is 1.71. The highest BCUT2D eigenvalue weighted by atomic mass is 79.9. The Hall–Kier alpha value is -0.910. The van der Waals surface area contributed by atoms with Crippen LogP contribution >= 0.6 is 15.9 Å². The number of halogens is 1. The van der Waals surface area contributed by atoms with Gasteiger partial charge in [0.1, 0.15) is 12.5 Å². The molecule has 0 aromatic heterocycles. The van der Waals surface area contributed by atoms with Crippen molar-refractivity contribution in [1.82, 2.24) is 0 Å². The van der Waals surface area contributed by atoms with Crippen LogP contribution in [0.15, 0.2) is 22.7 Å². The van der Waals surface area contributed by atoms with Crippen molar-refractivity contribution < 1.29 is 19.0 Å². The van der Waals surface area contributed by atoms with Crippen molar-refractivity contribution in [2.24, 2.45) is 5.41 Å². The highest BCUT2D eigenvalue weighted by molar-refractivity contribution is 9.10. The van der Waals surface area contributed by atoms with E-state index in [-0.39, 0.29) is 11.7 Å². The number of hydrogen-bond donors (Lipinski definition) is 0. The molecular formula is C14H19BrO4. The topological polar surface area (TPSA) is 44.8 Å². The van der Waals surface area contributed by atoms with Crippen molar-refractivity contribution in [2.75, 3.05) is 20.3 Å². The molecule has 1 aliphatic rings. The van der Waals surface area contributed by atoms with E-state index < -0.39 is 0 Å². The molecule has 0 N–H and O–H groups in total. The van der Waals surface area contributed by atoms with E-state index >= 15 is 0 Å². The molecule has 19 heavy (non-hydrogen) atoms. The maximum absolute atomic E-state index is 8.00. The maximum atomic E-state index is 8.00. The summed E-state index contributed by atoms with van der Waals surface area (Å²) in [7, 11) is 1.65. The number of benzene rings is 1. The van der Waals surface area contributed by atoms with Gasteiger partial charge in [-0.2, -0.15) is 0 Å². The van der Waals surface area contributed by atoms with E-state index in [4.69, 9.17) is 19.0 Å². The van der Waals surface area contributed by atoms with Crippen LogP contribution in [0.4, 0.5) is 0 Å². The minimum Gasteiger partial charge on any atom is -0.496 e. The van der Waals surface area contributed by atoms with E-state index in [1.54, 1.807) is 7.11 Å². The molecule has 0 saturated carbocycles. The molecule has 0 bridgehead atoms. The van der Waals surface area contributed by atoms with Crippen LogP contribution in [-0.4, -0.2) is 27.1 Å². The maximum Gasteiger partial charge on any atom is 0.183 e. The van der Waals surface area contributed by atoms with Crippen LogP contribution in [0.25, 0.3) is 0 Å². The molecule has 2 rings (SSSR count). The second-order valence-corrected chi connectivity index (χ2v) is 5.87. The first-order valence-electron chi connectivity index (χ1n) is 5.87. The van der Waals surface area contributed by atoms with Crippen molar-refractivity contribution in [2.45, 2.75) is 20.1 Å². The molecule has 0 aliphatic carbocycles. The predicted molar refractivity (Wildman–Crippen MR) is 76.2 cm³/mol. The molecule has 106 valence electrons. The largest absolute Gasteiger partial charge is 0.496 e. The molecule has 0 unspecified atom stereocenters. The third-order valence-corrected chi connectivity index (χ3v) is 3.32. The van der Waals surface area contributed by atoms with Crippen molar-refractivity contribution >= 4 is 22.7 Å². The minimum atomic E-state index is -0.273. The van der Waals surface area contributed by atoms with E-state index in [1.807, 2.05) is 25.0 Å². The lowest BCUT2D eigenvalue weighted by atomic mass is 9.95. The first-order valence-corrected chi connectivity index (χ1v) is 6.67. The Morgan fingerprint density at radius 2 is 1.89 bits per heavy atom. The van der Waals surface area contributed by atoms with Crippen LogP contribution in [0.3, 0.4) is 0 Å². The van der Waals surface area contributed by atoms with Gasteiger partial charge in [-0.25, -0.2) is 0 Å². The summed E-state index contributed by atoms with van der Waals surface area (Å²) >= 11 is 3.46. The zero-order valence-corrected chi connectivity index (χ0v) is 13.0. The summed E-state index contributed by atoms with van der Waals surface area (Å²) < 4.78 is 17.6. The van der Waals surface area contributed by atoms with Gasteiger partial charge >= 0.3 is 0 Å². The van der Waals surface area contributed by atoms with Gasteiger partial charge in [-0.3, -0.25) is 0 Å². The smallest absolute Gasteiger partial charge is 0.183 e. The van der Waals surface area contributed by atoms with E-state index in [0.717, 1.165) is 15.8 Å². The zero-order chi connectivity index (χ0) is 14.5. The third-order valence-electron chi connectivity index (χ3n) is 2.70. The number of methoxy groups -OCH3 is 1. The van der Waals surface area contributed by atoms with Crippen LogP contribution in [0.2, 0.25) is 0 Å². The number of carbonyl (C=O) groups excluding carboxylic acids is 1. The molecular weight excluding hydrogens is 312 g/mol. The molecule has 1 fully saturated rings. The molecule has 1 aliphatic heterocycles. The average molecular weight is 331 g/mol. The number of rotatable bonds is 2. The molecule has 0 atom stereocenters. The van der Waals surface area contributed by atoms with Gasteiger partial charge in [0.15, 0.2) is 6.29 Å². The molecule has 1 aromatic carbocycles. The Bertz CT molecular complexity index is 410. The lowest BCUT2D eigenvalue weighted by Gasteiger charge is -2.34. The number of carbonyl (C=O) groups is 1. The second kappa shape index (κ2) is 7.03. The van der Waals surface area contributed by atoms with Crippen molar-refractivity contribution in [1.29, 1.82) is 0 Å². The Kier molecular flexibility index (Phi) is 5.97. The molecule has 0 radical (unpaired) electrons. The van der Waals surface area contributed by atoms with Gasteiger partial charge in [0.25, 0.3) is 0 Å². The standard InChI is InChI=1S/C13H17BrO3.CH2O/c1-13(2)7-16-12(17-8-13)9-4-5-11(15-3)10(14)6-9;1-2/h4-6,12H,7-8H2,1-3H3;1H2. The fraction of sp³-hybridized carbons (Fsp3) is 0.500. The van der Waals surface area contributed by atoms with E-state index in [2.05, 4.69) is 29.8 Å². The van der Waals surface area contributed by atoms with E-state index in [9.17, 15) is 0 Å². The molecule has 5 heteroatoms.